The van der Waals surface area contributed by atoms with Gasteiger partial charge in [0.25, 0.3) is 0 Å². The van der Waals surface area contributed by atoms with Crippen molar-refractivity contribution in [1.82, 2.24) is 5.32 Å². The van der Waals surface area contributed by atoms with Crippen LogP contribution in [0.2, 0.25) is 0 Å². The minimum atomic E-state index is -1.14. The zero-order valence-electron chi connectivity index (χ0n) is 10.6. The molecule has 1 unspecified atom stereocenters. The molecular formula is C13H19BrN2O2. The summed E-state index contributed by atoms with van der Waals surface area (Å²) in [6.45, 7) is 4.44. The molecule has 4 N–H and O–H groups in total. The highest BCUT2D eigenvalue weighted by Gasteiger charge is 2.23. The Bertz CT molecular complexity index is 421. The van der Waals surface area contributed by atoms with E-state index in [9.17, 15) is 9.90 Å². The molecule has 4 nitrogen and oxygen atoms in total. The molecule has 1 aromatic rings. The van der Waals surface area contributed by atoms with Crippen molar-refractivity contribution in [3.63, 3.8) is 0 Å². The number of hydrogen-bond acceptors (Lipinski definition) is 3. The second kappa shape index (κ2) is 6.31. The summed E-state index contributed by atoms with van der Waals surface area (Å²) in [6, 6.07) is 7.94. The molecule has 5 heteroatoms. The van der Waals surface area contributed by atoms with Crippen LogP contribution >= 0.6 is 15.9 Å². The SMILES string of the molecule is CC(C)(CNC(=O)C(O)CN)c1cccc(Br)c1. The molecular weight excluding hydrogens is 296 g/mol. The molecule has 1 amide bonds. The van der Waals surface area contributed by atoms with Crippen LogP contribution in [-0.4, -0.2) is 30.2 Å². The van der Waals surface area contributed by atoms with Gasteiger partial charge in [-0.3, -0.25) is 4.79 Å². The lowest BCUT2D eigenvalue weighted by molar-refractivity contribution is -0.129. The van der Waals surface area contributed by atoms with Gasteiger partial charge >= 0.3 is 0 Å². The van der Waals surface area contributed by atoms with E-state index in [2.05, 4.69) is 21.2 Å². The molecule has 1 rings (SSSR count). The lowest BCUT2D eigenvalue weighted by Crippen LogP contribution is -2.44. The molecule has 0 saturated heterocycles. The van der Waals surface area contributed by atoms with Crippen LogP contribution in [0.1, 0.15) is 19.4 Å². The van der Waals surface area contributed by atoms with Crippen LogP contribution < -0.4 is 11.1 Å². The van der Waals surface area contributed by atoms with E-state index < -0.39 is 12.0 Å². The van der Waals surface area contributed by atoms with Crippen LogP contribution in [0, 0.1) is 0 Å². The van der Waals surface area contributed by atoms with Gasteiger partial charge in [-0.05, 0) is 17.7 Å². The number of carbonyl (C=O) groups excluding carboxylic acids is 1. The fraction of sp³-hybridized carbons (Fsp3) is 0.462. The van der Waals surface area contributed by atoms with Crippen molar-refractivity contribution in [2.45, 2.75) is 25.4 Å². The van der Waals surface area contributed by atoms with Gasteiger partial charge < -0.3 is 16.2 Å². The van der Waals surface area contributed by atoms with Gasteiger partial charge in [-0.25, -0.2) is 0 Å². The monoisotopic (exact) mass is 314 g/mol. The summed E-state index contributed by atoms with van der Waals surface area (Å²) in [4.78, 5) is 11.5. The van der Waals surface area contributed by atoms with Crippen molar-refractivity contribution < 1.29 is 9.90 Å². The van der Waals surface area contributed by atoms with Crippen molar-refractivity contribution in [1.29, 1.82) is 0 Å². The van der Waals surface area contributed by atoms with Crippen LogP contribution in [0.15, 0.2) is 28.7 Å². The first kappa shape index (κ1) is 15.1. The predicted molar refractivity (Wildman–Crippen MR) is 75.2 cm³/mol. The number of nitrogens with one attached hydrogen (secondary N) is 1. The van der Waals surface area contributed by atoms with E-state index in [1.807, 2.05) is 38.1 Å². The van der Waals surface area contributed by atoms with Crippen molar-refractivity contribution >= 4 is 21.8 Å². The lowest BCUT2D eigenvalue weighted by Gasteiger charge is -2.26. The van der Waals surface area contributed by atoms with E-state index in [1.165, 1.54) is 0 Å². The van der Waals surface area contributed by atoms with E-state index in [0.717, 1.165) is 10.0 Å². The van der Waals surface area contributed by atoms with Gasteiger partial charge in [0.15, 0.2) is 0 Å². The van der Waals surface area contributed by atoms with Gasteiger partial charge in [0, 0.05) is 23.0 Å². The number of halogens is 1. The first-order chi connectivity index (χ1) is 8.36. The largest absolute Gasteiger partial charge is 0.382 e. The third-order valence-electron chi connectivity index (χ3n) is 2.84. The third kappa shape index (κ3) is 4.08. The van der Waals surface area contributed by atoms with E-state index in [-0.39, 0.29) is 12.0 Å². The Kier molecular flexibility index (Phi) is 5.31. The molecule has 0 saturated carbocycles. The summed E-state index contributed by atoms with van der Waals surface area (Å²) in [5.41, 5.74) is 6.12. The molecule has 0 heterocycles. The molecule has 0 spiro atoms. The zero-order chi connectivity index (χ0) is 13.8. The van der Waals surface area contributed by atoms with Gasteiger partial charge in [0.05, 0.1) is 0 Å². The number of hydrogen-bond donors (Lipinski definition) is 3. The number of aliphatic hydroxyl groups is 1. The van der Waals surface area contributed by atoms with Crippen molar-refractivity contribution in [2.24, 2.45) is 5.73 Å². The quantitative estimate of drug-likeness (QED) is 0.763. The maximum absolute atomic E-state index is 11.5. The highest BCUT2D eigenvalue weighted by atomic mass is 79.9. The third-order valence-corrected chi connectivity index (χ3v) is 3.33. The number of benzene rings is 1. The Labute approximate surface area is 116 Å². The Balaban J connectivity index is 2.68. The molecule has 0 aromatic heterocycles. The summed E-state index contributed by atoms with van der Waals surface area (Å²) >= 11 is 3.43. The Morgan fingerprint density at radius 1 is 1.56 bits per heavy atom. The van der Waals surface area contributed by atoms with Crippen LogP contribution in [-0.2, 0) is 10.2 Å². The van der Waals surface area contributed by atoms with E-state index in [1.54, 1.807) is 0 Å². The summed E-state index contributed by atoms with van der Waals surface area (Å²) in [6.07, 6.45) is -1.14. The topological polar surface area (TPSA) is 75.3 Å². The molecule has 0 radical (unpaired) electrons. The lowest BCUT2D eigenvalue weighted by atomic mass is 9.84. The molecule has 18 heavy (non-hydrogen) atoms. The van der Waals surface area contributed by atoms with Crippen molar-refractivity contribution in [3.8, 4) is 0 Å². The average Bonchev–Trinajstić information content (AvgIpc) is 2.35. The summed E-state index contributed by atoms with van der Waals surface area (Å²) in [5, 5.41) is 12.0. The number of nitrogens with two attached hydrogens (primary N) is 1. The Morgan fingerprint density at radius 3 is 2.78 bits per heavy atom. The first-order valence-corrected chi connectivity index (χ1v) is 6.58. The standard InChI is InChI=1S/C13H19BrN2O2/c1-13(2,8-16-12(18)11(17)7-15)9-4-3-5-10(14)6-9/h3-6,11,17H,7-8,15H2,1-2H3,(H,16,18). The predicted octanol–water partition coefficient (Wildman–Crippen LogP) is 1.16. The highest BCUT2D eigenvalue weighted by molar-refractivity contribution is 9.10. The molecule has 0 aliphatic heterocycles. The number of rotatable bonds is 5. The summed E-state index contributed by atoms with van der Waals surface area (Å²) in [7, 11) is 0. The smallest absolute Gasteiger partial charge is 0.250 e. The summed E-state index contributed by atoms with van der Waals surface area (Å²) in [5.74, 6) is -0.430. The fourth-order valence-corrected chi connectivity index (χ4v) is 1.94. The Morgan fingerprint density at radius 2 is 2.22 bits per heavy atom. The normalized spacial score (nSPS) is 13.2. The van der Waals surface area contributed by atoms with Gasteiger partial charge in [0.1, 0.15) is 6.10 Å². The second-order valence-electron chi connectivity index (χ2n) is 4.86. The van der Waals surface area contributed by atoms with Crippen LogP contribution in [0.25, 0.3) is 0 Å². The molecule has 1 aromatic carbocycles. The average molecular weight is 315 g/mol. The fourth-order valence-electron chi connectivity index (χ4n) is 1.54. The molecule has 100 valence electrons. The van der Waals surface area contributed by atoms with Crippen LogP contribution in [0.5, 0.6) is 0 Å². The molecule has 0 aliphatic rings. The van der Waals surface area contributed by atoms with E-state index in [0.29, 0.717) is 6.54 Å². The maximum atomic E-state index is 11.5. The van der Waals surface area contributed by atoms with Crippen LogP contribution in [0.4, 0.5) is 0 Å². The van der Waals surface area contributed by atoms with Crippen molar-refractivity contribution in [2.75, 3.05) is 13.1 Å². The number of aliphatic hydroxyl groups excluding tert-OH is 1. The van der Waals surface area contributed by atoms with Gasteiger partial charge in [0.2, 0.25) is 5.91 Å². The summed E-state index contributed by atoms with van der Waals surface area (Å²) < 4.78 is 1.00. The number of carbonyl (C=O) groups is 1. The minimum Gasteiger partial charge on any atom is -0.382 e. The molecule has 1 atom stereocenters. The van der Waals surface area contributed by atoms with E-state index >= 15 is 0 Å². The zero-order valence-corrected chi connectivity index (χ0v) is 12.2. The molecule has 0 fully saturated rings. The second-order valence-corrected chi connectivity index (χ2v) is 5.78. The van der Waals surface area contributed by atoms with Gasteiger partial charge in [-0.1, -0.05) is 41.9 Å². The van der Waals surface area contributed by atoms with E-state index in [4.69, 9.17) is 5.73 Å². The van der Waals surface area contributed by atoms with Gasteiger partial charge in [-0.2, -0.15) is 0 Å². The Hall–Kier alpha value is -0.910. The molecule has 0 aliphatic carbocycles. The van der Waals surface area contributed by atoms with Crippen molar-refractivity contribution in [3.05, 3.63) is 34.3 Å². The minimum absolute atomic E-state index is 0.0663. The first-order valence-electron chi connectivity index (χ1n) is 5.78. The highest BCUT2D eigenvalue weighted by Crippen LogP contribution is 2.24. The van der Waals surface area contributed by atoms with Gasteiger partial charge in [-0.15, -0.1) is 0 Å². The number of amides is 1. The van der Waals surface area contributed by atoms with Crippen LogP contribution in [0.3, 0.4) is 0 Å². The maximum Gasteiger partial charge on any atom is 0.250 e. The molecule has 0 bridgehead atoms.